The molecule has 0 heterocycles. The molecule has 0 aromatic rings. The average Bonchev–Trinajstić information content (AvgIpc) is 2.67. The van der Waals surface area contributed by atoms with E-state index in [4.69, 9.17) is 0 Å². The van der Waals surface area contributed by atoms with E-state index in [0.29, 0.717) is 12.0 Å². The first-order valence-corrected chi connectivity index (χ1v) is 10.1. The second kappa shape index (κ2) is 6.60. The number of fused-ring (bicyclic) bond motifs is 3. The van der Waals surface area contributed by atoms with Crippen molar-refractivity contribution in [3.8, 4) is 0 Å². The number of carbonyl (C=O) groups excluding carboxylic acids is 3. The van der Waals surface area contributed by atoms with Crippen LogP contribution < -0.4 is 0 Å². The van der Waals surface area contributed by atoms with Gasteiger partial charge >= 0.3 is 0 Å². The fraction of sp³-hybridized carbons (Fsp3) is 0.591. The lowest BCUT2D eigenvalue weighted by atomic mass is 9.51. The molecule has 3 unspecified atom stereocenters. The summed E-state index contributed by atoms with van der Waals surface area (Å²) in [5, 5.41) is 54.3. The predicted molar refractivity (Wildman–Crippen MR) is 103 cm³/mol. The highest BCUT2D eigenvalue weighted by Crippen LogP contribution is 2.56. The molecule has 30 heavy (non-hydrogen) atoms. The summed E-state index contributed by atoms with van der Waals surface area (Å²) in [7, 11) is 0. The molecule has 0 saturated heterocycles. The summed E-state index contributed by atoms with van der Waals surface area (Å²) >= 11 is 0. The van der Waals surface area contributed by atoms with Gasteiger partial charge in [-0.25, -0.2) is 0 Å². The Bertz CT molecular complexity index is 956. The standard InChI is InChI=1S/C22H26O8/c1-7-4-5-10-8(2)13-16(19(27)15(10)17(7)25)21(29)22(30)11(18(13)26)6-12(24)14(9(3)23)20(22)28/h4,8,10-11,13,15,17-18,24-26,29-30H,5-6H2,1-3H3/t8-,10?,11+,13+,15?,17?,18+,22+/m0/s1. The first kappa shape index (κ1) is 21.0. The van der Waals surface area contributed by atoms with Crippen LogP contribution in [0.1, 0.15) is 33.6 Å². The number of allylic oxidation sites excluding steroid dienone is 2. The van der Waals surface area contributed by atoms with Crippen molar-refractivity contribution >= 4 is 17.3 Å². The summed E-state index contributed by atoms with van der Waals surface area (Å²) in [5.74, 6) is -7.72. The minimum Gasteiger partial charge on any atom is -0.511 e. The molecule has 8 nitrogen and oxygen atoms in total. The van der Waals surface area contributed by atoms with Crippen LogP contribution in [0.5, 0.6) is 0 Å². The average molecular weight is 418 g/mol. The van der Waals surface area contributed by atoms with Crippen LogP contribution >= 0.6 is 0 Å². The van der Waals surface area contributed by atoms with Gasteiger partial charge in [-0.2, -0.15) is 0 Å². The highest BCUT2D eigenvalue weighted by Gasteiger charge is 2.65. The molecule has 4 rings (SSSR count). The number of hydrogen-bond donors (Lipinski definition) is 5. The van der Waals surface area contributed by atoms with Crippen LogP contribution in [0.4, 0.5) is 0 Å². The van der Waals surface area contributed by atoms with Crippen LogP contribution in [0.15, 0.2) is 34.3 Å². The van der Waals surface area contributed by atoms with Crippen molar-refractivity contribution in [1.82, 2.24) is 0 Å². The number of ketones is 3. The van der Waals surface area contributed by atoms with Gasteiger partial charge in [0.1, 0.15) is 17.1 Å². The van der Waals surface area contributed by atoms with Crippen LogP contribution in [0.3, 0.4) is 0 Å². The summed E-state index contributed by atoms with van der Waals surface area (Å²) in [6.07, 6.45) is -0.491. The summed E-state index contributed by atoms with van der Waals surface area (Å²) < 4.78 is 0. The van der Waals surface area contributed by atoms with Crippen LogP contribution in [-0.2, 0) is 14.4 Å². The maximum absolute atomic E-state index is 13.4. The predicted octanol–water partition coefficient (Wildman–Crippen LogP) is 0.672. The Labute approximate surface area is 173 Å². The van der Waals surface area contributed by atoms with Crippen LogP contribution in [0.2, 0.25) is 0 Å². The van der Waals surface area contributed by atoms with E-state index >= 15 is 0 Å². The molecule has 162 valence electrons. The van der Waals surface area contributed by atoms with Crippen molar-refractivity contribution in [3.05, 3.63) is 34.3 Å². The number of Topliss-reactive ketones (excluding diaryl/α,β-unsaturated/α-hetero) is 3. The van der Waals surface area contributed by atoms with Crippen molar-refractivity contribution in [3.63, 3.8) is 0 Å². The minimum absolute atomic E-state index is 0.263. The van der Waals surface area contributed by atoms with Gasteiger partial charge in [-0.3, -0.25) is 14.4 Å². The molecule has 0 aliphatic heterocycles. The fourth-order valence-electron chi connectivity index (χ4n) is 6.03. The molecular formula is C22H26O8. The van der Waals surface area contributed by atoms with Gasteiger partial charge in [0.15, 0.2) is 17.2 Å². The van der Waals surface area contributed by atoms with E-state index < -0.39 is 70.0 Å². The van der Waals surface area contributed by atoms with E-state index in [1.54, 1.807) is 13.8 Å². The molecule has 0 spiro atoms. The Morgan fingerprint density at radius 2 is 1.80 bits per heavy atom. The smallest absolute Gasteiger partial charge is 0.209 e. The molecule has 0 amide bonds. The van der Waals surface area contributed by atoms with Crippen molar-refractivity contribution in [2.75, 3.05) is 0 Å². The summed E-state index contributed by atoms with van der Waals surface area (Å²) in [6, 6.07) is 0. The molecule has 1 saturated carbocycles. The van der Waals surface area contributed by atoms with E-state index in [1.165, 1.54) is 0 Å². The quantitative estimate of drug-likeness (QED) is 0.308. The van der Waals surface area contributed by atoms with Crippen molar-refractivity contribution in [2.24, 2.45) is 29.6 Å². The van der Waals surface area contributed by atoms with E-state index in [1.807, 2.05) is 6.08 Å². The van der Waals surface area contributed by atoms with Gasteiger partial charge in [-0.15, -0.1) is 0 Å². The van der Waals surface area contributed by atoms with E-state index in [2.05, 4.69) is 0 Å². The molecule has 4 aliphatic rings. The molecule has 0 bridgehead atoms. The van der Waals surface area contributed by atoms with E-state index in [0.717, 1.165) is 6.92 Å². The maximum Gasteiger partial charge on any atom is 0.209 e. The molecule has 8 heteroatoms. The second-order valence-electron chi connectivity index (χ2n) is 9.10. The van der Waals surface area contributed by atoms with Gasteiger partial charge in [-0.1, -0.05) is 13.0 Å². The zero-order valence-corrected chi connectivity index (χ0v) is 17.0. The largest absolute Gasteiger partial charge is 0.511 e. The molecule has 8 atom stereocenters. The zero-order valence-electron chi connectivity index (χ0n) is 17.0. The lowest BCUT2D eigenvalue weighted by Crippen LogP contribution is -2.64. The van der Waals surface area contributed by atoms with Gasteiger partial charge in [0.05, 0.1) is 18.1 Å². The lowest BCUT2D eigenvalue weighted by Gasteiger charge is -2.54. The van der Waals surface area contributed by atoms with Gasteiger partial charge in [0.25, 0.3) is 0 Å². The fourth-order valence-corrected chi connectivity index (χ4v) is 6.03. The monoisotopic (exact) mass is 418 g/mol. The molecule has 0 aromatic heterocycles. The van der Waals surface area contributed by atoms with E-state index in [-0.39, 0.29) is 23.8 Å². The summed E-state index contributed by atoms with van der Waals surface area (Å²) in [5.41, 5.74) is -2.96. The van der Waals surface area contributed by atoms with Crippen LogP contribution in [-0.4, -0.2) is 60.7 Å². The van der Waals surface area contributed by atoms with Crippen LogP contribution in [0, 0.1) is 29.6 Å². The van der Waals surface area contributed by atoms with Crippen molar-refractivity contribution < 1.29 is 39.9 Å². The van der Waals surface area contributed by atoms with E-state index in [9.17, 15) is 39.9 Å². The number of aliphatic hydroxyl groups excluding tert-OH is 4. The molecule has 0 radical (unpaired) electrons. The molecular weight excluding hydrogens is 392 g/mol. The Morgan fingerprint density at radius 3 is 2.40 bits per heavy atom. The number of rotatable bonds is 1. The van der Waals surface area contributed by atoms with Gasteiger partial charge in [-0.05, 0) is 37.7 Å². The Balaban J connectivity index is 1.92. The summed E-state index contributed by atoms with van der Waals surface area (Å²) in [6.45, 7) is 4.55. The molecule has 4 aliphatic carbocycles. The third-order valence-corrected chi connectivity index (χ3v) is 7.68. The normalized spacial score (nSPS) is 43.7. The Morgan fingerprint density at radius 1 is 1.17 bits per heavy atom. The summed E-state index contributed by atoms with van der Waals surface area (Å²) in [4.78, 5) is 38.2. The number of aliphatic hydroxyl groups is 5. The van der Waals surface area contributed by atoms with Gasteiger partial charge < -0.3 is 25.5 Å². The Kier molecular flexibility index (Phi) is 4.61. The first-order chi connectivity index (χ1) is 13.9. The number of hydrogen-bond acceptors (Lipinski definition) is 8. The minimum atomic E-state index is -2.69. The first-order valence-electron chi connectivity index (χ1n) is 10.1. The van der Waals surface area contributed by atoms with Crippen molar-refractivity contribution in [2.45, 2.75) is 51.4 Å². The van der Waals surface area contributed by atoms with Crippen molar-refractivity contribution in [1.29, 1.82) is 0 Å². The van der Waals surface area contributed by atoms with Gasteiger partial charge in [0.2, 0.25) is 5.78 Å². The SMILES string of the molecule is CC(=O)C1=C(O)C[C@@H]2[C@@H](O)[C@H]3C(=C(O)[C@]2(O)C1=O)C(=O)C1C(O)C(C)=CCC1[C@@H]3C. The topological polar surface area (TPSA) is 152 Å². The lowest BCUT2D eigenvalue weighted by molar-refractivity contribution is -0.162. The third kappa shape index (κ3) is 2.41. The third-order valence-electron chi connectivity index (χ3n) is 7.68. The highest BCUT2D eigenvalue weighted by molar-refractivity contribution is 6.24. The van der Waals surface area contributed by atoms with Gasteiger partial charge in [0, 0.05) is 23.8 Å². The number of carbonyl (C=O) groups is 3. The molecule has 0 aromatic carbocycles. The Hall–Kier alpha value is -2.29. The molecule has 5 N–H and O–H groups in total. The second-order valence-corrected chi connectivity index (χ2v) is 9.10. The van der Waals surface area contributed by atoms with Crippen LogP contribution in [0.25, 0.3) is 0 Å². The highest BCUT2D eigenvalue weighted by atomic mass is 16.4. The molecule has 1 fully saturated rings. The maximum atomic E-state index is 13.4. The zero-order chi connectivity index (χ0) is 22.3.